The van der Waals surface area contributed by atoms with Crippen molar-refractivity contribution in [2.24, 2.45) is 5.92 Å². The predicted octanol–water partition coefficient (Wildman–Crippen LogP) is 3.40. The molecule has 1 N–H and O–H groups in total. The lowest BCUT2D eigenvalue weighted by molar-refractivity contribution is -0.135. The molecule has 27 heavy (non-hydrogen) atoms. The van der Waals surface area contributed by atoms with Crippen LogP contribution in [0.5, 0.6) is 0 Å². The van der Waals surface area contributed by atoms with Gasteiger partial charge >= 0.3 is 0 Å². The van der Waals surface area contributed by atoms with E-state index in [1.165, 1.54) is 11.1 Å². The Labute approximate surface area is 161 Å². The van der Waals surface area contributed by atoms with Gasteiger partial charge in [0.1, 0.15) is 0 Å². The van der Waals surface area contributed by atoms with Gasteiger partial charge < -0.3 is 10.2 Å². The van der Waals surface area contributed by atoms with Gasteiger partial charge in [-0.3, -0.25) is 9.59 Å². The van der Waals surface area contributed by atoms with E-state index >= 15 is 0 Å². The van der Waals surface area contributed by atoms with Crippen molar-refractivity contribution < 1.29 is 9.59 Å². The van der Waals surface area contributed by atoms with Gasteiger partial charge in [-0.1, -0.05) is 54.1 Å². The van der Waals surface area contributed by atoms with Crippen molar-refractivity contribution in [1.29, 1.82) is 0 Å². The minimum atomic E-state index is -0.00237. The Balaban J connectivity index is 1.45. The second-order valence-electron chi connectivity index (χ2n) is 7.46. The summed E-state index contributed by atoms with van der Waals surface area (Å²) in [6.45, 7) is 5.98. The Morgan fingerprint density at radius 2 is 1.67 bits per heavy atom. The van der Waals surface area contributed by atoms with Gasteiger partial charge in [-0.05, 0) is 43.4 Å². The Bertz CT molecular complexity index is 790. The molecule has 1 aliphatic heterocycles. The van der Waals surface area contributed by atoms with Gasteiger partial charge in [-0.25, -0.2) is 0 Å². The molecular formula is C23H28N2O2. The van der Waals surface area contributed by atoms with E-state index in [4.69, 9.17) is 0 Å². The van der Waals surface area contributed by atoms with Crippen LogP contribution in [0.15, 0.2) is 48.5 Å². The van der Waals surface area contributed by atoms with Gasteiger partial charge in [0.25, 0.3) is 0 Å². The molecule has 0 saturated carbocycles. The Morgan fingerprint density at radius 1 is 1.00 bits per heavy atom. The molecule has 0 atom stereocenters. The number of nitrogens with zero attached hydrogens (tertiary/aromatic N) is 1. The molecule has 2 aromatic carbocycles. The fourth-order valence-electron chi connectivity index (χ4n) is 3.52. The number of rotatable bonds is 5. The zero-order valence-corrected chi connectivity index (χ0v) is 16.2. The third kappa shape index (κ3) is 5.19. The summed E-state index contributed by atoms with van der Waals surface area (Å²) in [5, 5.41) is 3.06. The first-order valence-corrected chi connectivity index (χ1v) is 9.68. The highest BCUT2D eigenvalue weighted by atomic mass is 16.2. The molecule has 1 heterocycles. The highest BCUT2D eigenvalue weighted by Gasteiger charge is 2.27. The van der Waals surface area contributed by atoms with Crippen molar-refractivity contribution in [3.05, 3.63) is 70.8 Å². The number of aryl methyl sites for hydroxylation is 2. The maximum atomic E-state index is 12.5. The van der Waals surface area contributed by atoms with Gasteiger partial charge in [0.15, 0.2) is 0 Å². The molecule has 1 saturated heterocycles. The highest BCUT2D eigenvalue weighted by molar-refractivity contribution is 5.81. The summed E-state index contributed by atoms with van der Waals surface area (Å²) in [6.07, 6.45) is 1.91. The molecule has 2 aromatic rings. The van der Waals surface area contributed by atoms with E-state index in [0.29, 0.717) is 26.1 Å². The average molecular weight is 364 g/mol. The topological polar surface area (TPSA) is 49.4 Å². The number of hydrogen-bond acceptors (Lipinski definition) is 2. The summed E-state index contributed by atoms with van der Waals surface area (Å²) in [6, 6.07) is 16.2. The number of piperidine rings is 1. The van der Waals surface area contributed by atoms with Crippen LogP contribution in [0.25, 0.3) is 0 Å². The summed E-state index contributed by atoms with van der Waals surface area (Å²) in [5.41, 5.74) is 4.58. The second-order valence-corrected chi connectivity index (χ2v) is 7.46. The van der Waals surface area contributed by atoms with Gasteiger partial charge in [0.2, 0.25) is 11.8 Å². The number of likely N-dealkylation sites (tertiary alicyclic amines) is 1. The normalized spacial score (nSPS) is 14.8. The molecule has 0 radical (unpaired) electrons. The van der Waals surface area contributed by atoms with E-state index in [1.807, 2.05) is 54.3 Å². The van der Waals surface area contributed by atoms with Gasteiger partial charge in [0.05, 0.1) is 6.42 Å². The molecule has 3 rings (SSSR count). The quantitative estimate of drug-likeness (QED) is 0.884. The summed E-state index contributed by atoms with van der Waals surface area (Å²) >= 11 is 0. The van der Waals surface area contributed by atoms with Crippen molar-refractivity contribution in [3.63, 3.8) is 0 Å². The number of amides is 2. The van der Waals surface area contributed by atoms with E-state index in [1.54, 1.807) is 0 Å². The van der Waals surface area contributed by atoms with Crippen molar-refractivity contribution in [3.8, 4) is 0 Å². The lowest BCUT2D eigenvalue weighted by Gasteiger charge is -2.31. The molecule has 0 spiro atoms. The SMILES string of the molecule is Cc1ccc(CC(=O)N2CCC(C(=O)NCc3ccccc3C)CC2)cc1. The Kier molecular flexibility index (Phi) is 6.28. The van der Waals surface area contributed by atoms with Gasteiger partial charge in [-0.2, -0.15) is 0 Å². The third-order valence-electron chi connectivity index (χ3n) is 5.41. The van der Waals surface area contributed by atoms with Crippen LogP contribution in [0.4, 0.5) is 0 Å². The molecule has 4 nitrogen and oxygen atoms in total. The third-order valence-corrected chi connectivity index (χ3v) is 5.41. The lowest BCUT2D eigenvalue weighted by atomic mass is 9.95. The predicted molar refractivity (Wildman–Crippen MR) is 107 cm³/mol. The van der Waals surface area contributed by atoms with E-state index in [2.05, 4.69) is 18.3 Å². The number of hydrogen-bond donors (Lipinski definition) is 1. The van der Waals surface area contributed by atoms with Crippen LogP contribution in [0.1, 0.15) is 35.1 Å². The van der Waals surface area contributed by atoms with Gasteiger partial charge in [0, 0.05) is 25.6 Å². The zero-order chi connectivity index (χ0) is 19.2. The Morgan fingerprint density at radius 3 is 2.33 bits per heavy atom. The van der Waals surface area contributed by atoms with Crippen LogP contribution >= 0.6 is 0 Å². The van der Waals surface area contributed by atoms with Crippen molar-refractivity contribution >= 4 is 11.8 Å². The fraction of sp³-hybridized carbons (Fsp3) is 0.391. The molecular weight excluding hydrogens is 336 g/mol. The van der Waals surface area contributed by atoms with E-state index < -0.39 is 0 Å². The van der Waals surface area contributed by atoms with Crippen LogP contribution < -0.4 is 5.32 Å². The summed E-state index contributed by atoms with van der Waals surface area (Å²) < 4.78 is 0. The minimum absolute atomic E-state index is 0.00237. The zero-order valence-electron chi connectivity index (χ0n) is 16.2. The van der Waals surface area contributed by atoms with E-state index in [9.17, 15) is 9.59 Å². The first kappa shape index (κ1) is 19.2. The van der Waals surface area contributed by atoms with Gasteiger partial charge in [-0.15, -0.1) is 0 Å². The molecule has 0 aromatic heterocycles. The first-order valence-electron chi connectivity index (χ1n) is 9.68. The summed E-state index contributed by atoms with van der Waals surface area (Å²) in [4.78, 5) is 26.9. The molecule has 2 amide bonds. The Hall–Kier alpha value is -2.62. The monoisotopic (exact) mass is 364 g/mol. The van der Waals surface area contributed by atoms with Crippen LogP contribution in [0, 0.1) is 19.8 Å². The highest BCUT2D eigenvalue weighted by Crippen LogP contribution is 2.19. The largest absolute Gasteiger partial charge is 0.352 e. The smallest absolute Gasteiger partial charge is 0.226 e. The number of nitrogens with one attached hydrogen (secondary N) is 1. The maximum absolute atomic E-state index is 12.5. The average Bonchev–Trinajstić information content (AvgIpc) is 2.69. The number of benzene rings is 2. The summed E-state index contributed by atoms with van der Waals surface area (Å²) in [7, 11) is 0. The van der Waals surface area contributed by atoms with Crippen molar-refractivity contribution in [2.75, 3.05) is 13.1 Å². The molecule has 1 fully saturated rings. The molecule has 0 unspecified atom stereocenters. The number of carbonyl (C=O) groups excluding carboxylic acids is 2. The second kappa shape index (κ2) is 8.85. The first-order chi connectivity index (χ1) is 13.0. The van der Waals surface area contributed by atoms with Crippen molar-refractivity contribution in [2.45, 2.75) is 39.7 Å². The fourth-order valence-corrected chi connectivity index (χ4v) is 3.52. The molecule has 142 valence electrons. The van der Waals surface area contributed by atoms with Crippen LogP contribution in [0.2, 0.25) is 0 Å². The van der Waals surface area contributed by atoms with Crippen LogP contribution in [-0.2, 0) is 22.6 Å². The number of carbonyl (C=O) groups is 2. The standard InChI is InChI=1S/C23H28N2O2/c1-17-7-9-19(10-8-17)15-22(26)25-13-11-20(12-14-25)23(27)24-16-21-6-4-3-5-18(21)2/h3-10,20H,11-16H2,1-2H3,(H,24,27). The van der Waals surface area contributed by atoms with Crippen molar-refractivity contribution in [1.82, 2.24) is 10.2 Å². The minimum Gasteiger partial charge on any atom is -0.352 e. The molecule has 4 heteroatoms. The lowest BCUT2D eigenvalue weighted by Crippen LogP contribution is -2.43. The van der Waals surface area contributed by atoms with Crippen LogP contribution in [0.3, 0.4) is 0 Å². The van der Waals surface area contributed by atoms with Crippen LogP contribution in [-0.4, -0.2) is 29.8 Å². The van der Waals surface area contributed by atoms with E-state index in [-0.39, 0.29) is 17.7 Å². The molecule has 0 bridgehead atoms. The molecule has 0 aliphatic carbocycles. The summed E-state index contributed by atoms with van der Waals surface area (Å²) in [5.74, 6) is 0.249. The molecule has 1 aliphatic rings. The van der Waals surface area contributed by atoms with E-state index in [0.717, 1.165) is 24.0 Å². The maximum Gasteiger partial charge on any atom is 0.226 e.